The number of aromatic nitrogens is 2. The van der Waals surface area contributed by atoms with Crippen LogP contribution in [-0.4, -0.2) is 16.1 Å². The SMILES string of the molecule is CC(C)Oc1ncnc(C2CC2)c1Br. The van der Waals surface area contributed by atoms with Crippen LogP contribution in [0.4, 0.5) is 0 Å². The largest absolute Gasteiger partial charge is 0.474 e. The summed E-state index contributed by atoms with van der Waals surface area (Å²) in [5, 5.41) is 0. The number of ether oxygens (including phenoxy) is 1. The molecule has 1 saturated carbocycles. The van der Waals surface area contributed by atoms with Crippen molar-refractivity contribution in [3.05, 3.63) is 16.5 Å². The van der Waals surface area contributed by atoms with Crippen molar-refractivity contribution in [2.45, 2.75) is 38.7 Å². The van der Waals surface area contributed by atoms with Gasteiger partial charge in [0.1, 0.15) is 10.8 Å². The van der Waals surface area contributed by atoms with E-state index in [2.05, 4.69) is 25.9 Å². The Labute approximate surface area is 92.0 Å². The topological polar surface area (TPSA) is 35.0 Å². The molecule has 0 aliphatic heterocycles. The fraction of sp³-hybridized carbons (Fsp3) is 0.600. The lowest BCUT2D eigenvalue weighted by molar-refractivity contribution is 0.230. The van der Waals surface area contributed by atoms with Crippen molar-refractivity contribution >= 4 is 15.9 Å². The van der Waals surface area contributed by atoms with Gasteiger partial charge in [0.05, 0.1) is 11.8 Å². The van der Waals surface area contributed by atoms with Gasteiger partial charge in [-0.3, -0.25) is 0 Å². The van der Waals surface area contributed by atoms with Crippen LogP contribution in [0, 0.1) is 0 Å². The first-order chi connectivity index (χ1) is 6.68. The van der Waals surface area contributed by atoms with Crippen LogP contribution in [-0.2, 0) is 0 Å². The van der Waals surface area contributed by atoms with Crippen LogP contribution in [0.2, 0.25) is 0 Å². The van der Waals surface area contributed by atoms with Crippen LogP contribution in [0.3, 0.4) is 0 Å². The summed E-state index contributed by atoms with van der Waals surface area (Å²) < 4.78 is 6.49. The Hall–Kier alpha value is -0.640. The first-order valence-electron chi connectivity index (χ1n) is 4.85. The molecule has 0 unspecified atom stereocenters. The lowest BCUT2D eigenvalue weighted by Gasteiger charge is -2.11. The van der Waals surface area contributed by atoms with Crippen molar-refractivity contribution in [2.24, 2.45) is 0 Å². The summed E-state index contributed by atoms with van der Waals surface area (Å²) in [7, 11) is 0. The summed E-state index contributed by atoms with van der Waals surface area (Å²) in [5.41, 5.74) is 1.09. The molecule has 2 rings (SSSR count). The van der Waals surface area contributed by atoms with E-state index >= 15 is 0 Å². The molecule has 0 aromatic carbocycles. The van der Waals surface area contributed by atoms with Gasteiger partial charge < -0.3 is 4.74 Å². The van der Waals surface area contributed by atoms with Crippen molar-refractivity contribution in [1.82, 2.24) is 9.97 Å². The van der Waals surface area contributed by atoms with Crippen LogP contribution in [0.1, 0.15) is 38.3 Å². The maximum atomic E-state index is 5.57. The van der Waals surface area contributed by atoms with Gasteiger partial charge in [-0.2, -0.15) is 0 Å². The third-order valence-electron chi connectivity index (χ3n) is 2.10. The van der Waals surface area contributed by atoms with Crippen LogP contribution in [0.5, 0.6) is 5.88 Å². The van der Waals surface area contributed by atoms with Crippen LogP contribution < -0.4 is 4.74 Å². The average molecular weight is 257 g/mol. The van der Waals surface area contributed by atoms with Crippen molar-refractivity contribution in [3.63, 3.8) is 0 Å². The van der Waals surface area contributed by atoms with E-state index in [1.165, 1.54) is 12.8 Å². The lowest BCUT2D eigenvalue weighted by atomic mass is 10.3. The molecule has 1 heterocycles. The predicted octanol–water partition coefficient (Wildman–Crippen LogP) is 2.90. The quantitative estimate of drug-likeness (QED) is 0.835. The standard InChI is InChI=1S/C10H13BrN2O/c1-6(2)14-10-8(11)9(7-3-4-7)12-5-13-10/h5-7H,3-4H2,1-2H3. The van der Waals surface area contributed by atoms with Gasteiger partial charge in [0, 0.05) is 5.92 Å². The van der Waals surface area contributed by atoms with Gasteiger partial charge in [-0.05, 0) is 42.6 Å². The van der Waals surface area contributed by atoms with E-state index in [0.29, 0.717) is 11.8 Å². The zero-order valence-corrected chi connectivity index (χ0v) is 9.91. The molecule has 4 heteroatoms. The van der Waals surface area contributed by atoms with Gasteiger partial charge in [0.15, 0.2) is 0 Å². The monoisotopic (exact) mass is 256 g/mol. The highest BCUT2D eigenvalue weighted by atomic mass is 79.9. The van der Waals surface area contributed by atoms with Crippen LogP contribution in [0.25, 0.3) is 0 Å². The summed E-state index contributed by atoms with van der Waals surface area (Å²) in [6.45, 7) is 3.98. The van der Waals surface area contributed by atoms with Crippen LogP contribution in [0.15, 0.2) is 10.8 Å². The molecule has 1 fully saturated rings. The van der Waals surface area contributed by atoms with Gasteiger partial charge in [0.2, 0.25) is 5.88 Å². The lowest BCUT2D eigenvalue weighted by Crippen LogP contribution is -2.08. The molecule has 0 bridgehead atoms. The highest BCUT2D eigenvalue weighted by molar-refractivity contribution is 9.10. The molecule has 3 nitrogen and oxygen atoms in total. The van der Waals surface area contributed by atoms with Gasteiger partial charge in [-0.1, -0.05) is 0 Å². The summed E-state index contributed by atoms with van der Waals surface area (Å²) in [6, 6.07) is 0. The molecule has 1 aliphatic carbocycles. The third-order valence-corrected chi connectivity index (χ3v) is 2.84. The predicted molar refractivity (Wildman–Crippen MR) is 57.5 cm³/mol. The smallest absolute Gasteiger partial charge is 0.231 e. The van der Waals surface area contributed by atoms with E-state index in [-0.39, 0.29) is 6.10 Å². The molecule has 76 valence electrons. The Bertz CT molecular complexity index is 337. The normalized spacial score (nSPS) is 16.0. The molecule has 14 heavy (non-hydrogen) atoms. The summed E-state index contributed by atoms with van der Waals surface area (Å²) >= 11 is 3.50. The minimum Gasteiger partial charge on any atom is -0.474 e. The Morgan fingerprint density at radius 2 is 2.14 bits per heavy atom. The summed E-state index contributed by atoms with van der Waals surface area (Å²) in [6.07, 6.45) is 4.19. The van der Waals surface area contributed by atoms with Gasteiger partial charge in [-0.25, -0.2) is 9.97 Å². The molecule has 0 amide bonds. The van der Waals surface area contributed by atoms with Crippen molar-refractivity contribution in [2.75, 3.05) is 0 Å². The molecule has 0 atom stereocenters. The van der Waals surface area contributed by atoms with Crippen molar-refractivity contribution in [1.29, 1.82) is 0 Å². The Kier molecular flexibility index (Phi) is 2.72. The fourth-order valence-electron chi connectivity index (χ4n) is 1.31. The highest BCUT2D eigenvalue weighted by Gasteiger charge is 2.28. The van der Waals surface area contributed by atoms with E-state index in [0.717, 1.165) is 10.2 Å². The minimum atomic E-state index is 0.147. The molecule has 0 N–H and O–H groups in total. The van der Waals surface area contributed by atoms with E-state index in [4.69, 9.17) is 4.74 Å². The zero-order valence-electron chi connectivity index (χ0n) is 8.33. The molecule has 0 saturated heterocycles. The fourth-order valence-corrected chi connectivity index (χ4v) is 1.94. The first kappa shape index (κ1) is 9.90. The van der Waals surface area contributed by atoms with Crippen molar-refractivity contribution < 1.29 is 4.74 Å². The second-order valence-electron chi connectivity index (χ2n) is 3.82. The Morgan fingerprint density at radius 1 is 1.43 bits per heavy atom. The number of hydrogen-bond acceptors (Lipinski definition) is 3. The van der Waals surface area contributed by atoms with E-state index < -0.39 is 0 Å². The second kappa shape index (κ2) is 3.85. The third kappa shape index (κ3) is 2.05. The first-order valence-corrected chi connectivity index (χ1v) is 5.65. The Balaban J connectivity index is 2.26. The van der Waals surface area contributed by atoms with Gasteiger partial charge in [0.25, 0.3) is 0 Å². The number of hydrogen-bond donors (Lipinski definition) is 0. The minimum absolute atomic E-state index is 0.147. The summed E-state index contributed by atoms with van der Waals surface area (Å²) in [4.78, 5) is 8.38. The van der Waals surface area contributed by atoms with Crippen molar-refractivity contribution in [3.8, 4) is 5.88 Å². The highest BCUT2D eigenvalue weighted by Crippen LogP contribution is 2.43. The average Bonchev–Trinajstić information content (AvgIpc) is 2.91. The zero-order chi connectivity index (χ0) is 10.1. The second-order valence-corrected chi connectivity index (χ2v) is 4.61. The van der Waals surface area contributed by atoms with Gasteiger partial charge >= 0.3 is 0 Å². The summed E-state index contributed by atoms with van der Waals surface area (Å²) in [5.74, 6) is 1.28. The van der Waals surface area contributed by atoms with Crippen LogP contribution >= 0.6 is 15.9 Å². The molecule has 0 spiro atoms. The van der Waals surface area contributed by atoms with E-state index in [1.54, 1.807) is 6.33 Å². The molecule has 1 aliphatic rings. The van der Waals surface area contributed by atoms with Gasteiger partial charge in [-0.15, -0.1) is 0 Å². The number of rotatable bonds is 3. The maximum Gasteiger partial charge on any atom is 0.231 e. The van der Waals surface area contributed by atoms with E-state index in [9.17, 15) is 0 Å². The van der Waals surface area contributed by atoms with E-state index in [1.807, 2.05) is 13.8 Å². The molecular weight excluding hydrogens is 244 g/mol. The molecule has 0 radical (unpaired) electrons. The maximum absolute atomic E-state index is 5.57. The number of nitrogens with zero attached hydrogens (tertiary/aromatic N) is 2. The molecule has 1 aromatic rings. The number of halogens is 1. The Morgan fingerprint density at radius 3 is 2.71 bits per heavy atom. The molecular formula is C10H13BrN2O. The molecule has 1 aromatic heterocycles.